The van der Waals surface area contributed by atoms with Crippen molar-refractivity contribution in [3.05, 3.63) is 29.8 Å². The number of phenols is 2. The molecule has 0 radical (unpaired) electrons. The quantitative estimate of drug-likeness (QED) is 0.702. The minimum Gasteiger partial charge on any atom is -0.507 e. The van der Waals surface area contributed by atoms with Crippen molar-refractivity contribution >= 4 is 10.8 Å². The van der Waals surface area contributed by atoms with E-state index in [1.165, 1.54) is 7.11 Å². The standard InChI is InChI=1S/C12H12O3/c1-7-10(13)8-5-3-4-6-9(8)11(14)12(7)15-2/h3-6,13-14H,1-2H3. The van der Waals surface area contributed by atoms with Gasteiger partial charge in [0.1, 0.15) is 5.75 Å². The lowest BCUT2D eigenvalue weighted by Crippen LogP contribution is -1.90. The Morgan fingerprint density at radius 1 is 1.00 bits per heavy atom. The van der Waals surface area contributed by atoms with Crippen LogP contribution in [0.5, 0.6) is 17.2 Å². The number of phenolic OH excluding ortho intramolecular Hbond substituents is 2. The molecule has 2 aromatic carbocycles. The summed E-state index contributed by atoms with van der Waals surface area (Å²) in [6, 6.07) is 7.12. The van der Waals surface area contributed by atoms with Gasteiger partial charge in [-0.25, -0.2) is 0 Å². The van der Waals surface area contributed by atoms with Crippen LogP contribution in [0.25, 0.3) is 10.8 Å². The molecule has 0 heterocycles. The SMILES string of the molecule is COc1c(C)c(O)c2ccccc2c1O. The average Bonchev–Trinajstić information content (AvgIpc) is 2.27. The Kier molecular flexibility index (Phi) is 2.15. The van der Waals surface area contributed by atoms with Crippen LogP contribution in [0.3, 0.4) is 0 Å². The maximum Gasteiger partial charge on any atom is 0.167 e. The Hall–Kier alpha value is -1.90. The predicted molar refractivity (Wildman–Crippen MR) is 58.6 cm³/mol. The van der Waals surface area contributed by atoms with E-state index < -0.39 is 0 Å². The highest BCUT2D eigenvalue weighted by Gasteiger charge is 2.15. The summed E-state index contributed by atoms with van der Waals surface area (Å²) in [6.07, 6.45) is 0. The molecule has 2 aromatic rings. The maximum absolute atomic E-state index is 9.92. The van der Waals surface area contributed by atoms with Crippen molar-refractivity contribution in [2.45, 2.75) is 6.92 Å². The van der Waals surface area contributed by atoms with Crippen molar-refractivity contribution in [3.8, 4) is 17.2 Å². The first-order valence-electron chi connectivity index (χ1n) is 4.64. The first kappa shape index (κ1) is 9.65. The molecule has 15 heavy (non-hydrogen) atoms. The molecule has 2 N–H and O–H groups in total. The van der Waals surface area contributed by atoms with Crippen molar-refractivity contribution in [3.63, 3.8) is 0 Å². The van der Waals surface area contributed by atoms with E-state index in [9.17, 15) is 10.2 Å². The van der Waals surface area contributed by atoms with Gasteiger partial charge in [0.2, 0.25) is 0 Å². The van der Waals surface area contributed by atoms with Crippen LogP contribution in [0.15, 0.2) is 24.3 Å². The summed E-state index contributed by atoms with van der Waals surface area (Å²) in [5.41, 5.74) is 0.550. The fraction of sp³-hybridized carbons (Fsp3) is 0.167. The second-order valence-electron chi connectivity index (χ2n) is 3.40. The van der Waals surface area contributed by atoms with Crippen molar-refractivity contribution in [2.24, 2.45) is 0 Å². The van der Waals surface area contributed by atoms with Gasteiger partial charge in [0, 0.05) is 16.3 Å². The van der Waals surface area contributed by atoms with Crippen LogP contribution in [0.4, 0.5) is 0 Å². The van der Waals surface area contributed by atoms with E-state index in [0.29, 0.717) is 22.1 Å². The second-order valence-corrected chi connectivity index (χ2v) is 3.40. The Bertz CT molecular complexity index is 518. The molecule has 0 spiro atoms. The minimum absolute atomic E-state index is 0.0726. The van der Waals surface area contributed by atoms with Crippen molar-refractivity contribution in [1.29, 1.82) is 0 Å². The van der Waals surface area contributed by atoms with Gasteiger partial charge in [-0.3, -0.25) is 0 Å². The van der Waals surface area contributed by atoms with Gasteiger partial charge in [0.05, 0.1) is 7.11 Å². The molecule has 0 atom stereocenters. The number of hydrogen-bond acceptors (Lipinski definition) is 3. The van der Waals surface area contributed by atoms with Gasteiger partial charge in [0.15, 0.2) is 11.5 Å². The lowest BCUT2D eigenvalue weighted by Gasteiger charge is -2.12. The Morgan fingerprint density at radius 3 is 2.07 bits per heavy atom. The fourth-order valence-corrected chi connectivity index (χ4v) is 1.76. The summed E-state index contributed by atoms with van der Waals surface area (Å²) >= 11 is 0. The maximum atomic E-state index is 9.92. The Balaban J connectivity index is 2.96. The van der Waals surface area contributed by atoms with Gasteiger partial charge in [-0.05, 0) is 6.92 Å². The highest BCUT2D eigenvalue weighted by Crippen LogP contribution is 2.43. The van der Waals surface area contributed by atoms with Crippen LogP contribution < -0.4 is 4.74 Å². The molecular formula is C12H12O3. The van der Waals surface area contributed by atoms with Crippen LogP contribution in [-0.2, 0) is 0 Å². The third-order valence-corrected chi connectivity index (χ3v) is 2.55. The molecule has 0 aliphatic heterocycles. The molecule has 0 amide bonds. The van der Waals surface area contributed by atoms with Gasteiger partial charge in [-0.15, -0.1) is 0 Å². The zero-order chi connectivity index (χ0) is 11.0. The molecule has 3 nitrogen and oxygen atoms in total. The number of ether oxygens (including phenoxy) is 1. The molecule has 0 aliphatic carbocycles. The molecule has 3 heteroatoms. The molecule has 2 rings (SSSR count). The molecule has 0 aliphatic rings. The van der Waals surface area contributed by atoms with Crippen LogP contribution in [0.2, 0.25) is 0 Å². The topological polar surface area (TPSA) is 49.7 Å². The molecular weight excluding hydrogens is 192 g/mol. The smallest absolute Gasteiger partial charge is 0.167 e. The first-order valence-corrected chi connectivity index (χ1v) is 4.64. The molecule has 0 saturated carbocycles. The van der Waals surface area contributed by atoms with Crippen LogP contribution in [0, 0.1) is 6.92 Å². The van der Waals surface area contributed by atoms with E-state index >= 15 is 0 Å². The van der Waals surface area contributed by atoms with E-state index in [1.807, 2.05) is 6.07 Å². The summed E-state index contributed by atoms with van der Waals surface area (Å²) in [5.74, 6) is 0.551. The molecule has 0 bridgehead atoms. The summed E-state index contributed by atoms with van der Waals surface area (Å²) < 4.78 is 5.05. The zero-order valence-electron chi connectivity index (χ0n) is 8.61. The highest BCUT2D eigenvalue weighted by atomic mass is 16.5. The first-order chi connectivity index (χ1) is 7.16. The number of hydrogen-bond donors (Lipinski definition) is 2. The van der Waals surface area contributed by atoms with E-state index in [-0.39, 0.29) is 11.5 Å². The van der Waals surface area contributed by atoms with E-state index in [1.54, 1.807) is 25.1 Å². The van der Waals surface area contributed by atoms with Crippen LogP contribution in [-0.4, -0.2) is 17.3 Å². The summed E-state index contributed by atoms with van der Waals surface area (Å²) in [7, 11) is 1.47. The third kappa shape index (κ3) is 1.28. The average molecular weight is 204 g/mol. The summed E-state index contributed by atoms with van der Waals surface area (Å²) in [6.45, 7) is 1.71. The van der Waals surface area contributed by atoms with Gasteiger partial charge in [-0.1, -0.05) is 24.3 Å². The van der Waals surface area contributed by atoms with E-state index in [2.05, 4.69) is 0 Å². The number of aromatic hydroxyl groups is 2. The van der Waals surface area contributed by atoms with Crippen molar-refractivity contribution in [2.75, 3.05) is 7.11 Å². The highest BCUT2D eigenvalue weighted by molar-refractivity contribution is 5.96. The van der Waals surface area contributed by atoms with E-state index in [4.69, 9.17) is 4.74 Å². The lowest BCUT2D eigenvalue weighted by atomic mass is 10.0. The molecule has 0 aromatic heterocycles. The number of rotatable bonds is 1. The Morgan fingerprint density at radius 2 is 1.53 bits per heavy atom. The van der Waals surface area contributed by atoms with Gasteiger partial charge < -0.3 is 14.9 Å². The van der Waals surface area contributed by atoms with Crippen molar-refractivity contribution in [1.82, 2.24) is 0 Å². The number of fused-ring (bicyclic) bond motifs is 1. The van der Waals surface area contributed by atoms with Crippen LogP contribution >= 0.6 is 0 Å². The summed E-state index contributed by atoms with van der Waals surface area (Å²) in [4.78, 5) is 0. The fourth-order valence-electron chi connectivity index (χ4n) is 1.76. The molecule has 0 saturated heterocycles. The number of methoxy groups -OCH3 is 1. The minimum atomic E-state index is 0.0726. The van der Waals surface area contributed by atoms with Gasteiger partial charge in [0.25, 0.3) is 0 Å². The predicted octanol–water partition coefficient (Wildman–Crippen LogP) is 2.57. The van der Waals surface area contributed by atoms with Gasteiger partial charge >= 0.3 is 0 Å². The van der Waals surface area contributed by atoms with Gasteiger partial charge in [-0.2, -0.15) is 0 Å². The molecule has 78 valence electrons. The Labute approximate surface area is 87.5 Å². The largest absolute Gasteiger partial charge is 0.507 e. The second kappa shape index (κ2) is 3.35. The third-order valence-electron chi connectivity index (χ3n) is 2.55. The molecule has 0 unspecified atom stereocenters. The molecule has 0 fully saturated rings. The van der Waals surface area contributed by atoms with Crippen LogP contribution in [0.1, 0.15) is 5.56 Å². The zero-order valence-corrected chi connectivity index (χ0v) is 8.61. The normalized spacial score (nSPS) is 10.5. The monoisotopic (exact) mass is 204 g/mol. The lowest BCUT2D eigenvalue weighted by molar-refractivity contribution is 0.369. The van der Waals surface area contributed by atoms with E-state index in [0.717, 1.165) is 0 Å². The van der Waals surface area contributed by atoms with Crippen molar-refractivity contribution < 1.29 is 14.9 Å². The number of benzene rings is 2. The summed E-state index contributed by atoms with van der Waals surface area (Å²) in [5, 5.41) is 21.0.